The average Bonchev–Trinajstić information content (AvgIpc) is 3.17. The van der Waals surface area contributed by atoms with Gasteiger partial charge in [-0.25, -0.2) is 9.67 Å². The molecule has 0 bridgehead atoms. The van der Waals surface area contributed by atoms with Crippen molar-refractivity contribution in [3.05, 3.63) is 60.0 Å². The molecule has 0 aliphatic carbocycles. The molecule has 1 amide bonds. The molecule has 1 N–H and O–H groups in total. The smallest absolute Gasteiger partial charge is 0.422 e. The van der Waals surface area contributed by atoms with Gasteiger partial charge in [0.25, 0.3) is 5.91 Å². The van der Waals surface area contributed by atoms with Crippen LogP contribution in [0.5, 0.6) is 11.6 Å². The summed E-state index contributed by atoms with van der Waals surface area (Å²) < 4.78 is 86.0. The number of pyridine rings is 1. The maximum atomic E-state index is 13.0. The molecule has 0 spiro atoms. The fourth-order valence-electron chi connectivity index (χ4n) is 2.51. The largest absolute Gasteiger partial charge is 0.493 e. The van der Waals surface area contributed by atoms with Crippen molar-refractivity contribution >= 4 is 11.6 Å². The van der Waals surface area contributed by atoms with E-state index < -0.39 is 30.4 Å². The fraction of sp³-hybridized carbons (Fsp3) is 0.211. The first-order valence-corrected chi connectivity index (χ1v) is 8.74. The van der Waals surface area contributed by atoms with Crippen LogP contribution < -0.4 is 14.8 Å². The Morgan fingerprint density at radius 1 is 1.12 bits per heavy atom. The highest BCUT2D eigenvalue weighted by Gasteiger charge is 2.31. The second-order valence-electron chi connectivity index (χ2n) is 6.28. The number of halogens is 6. The number of carbonyl (C=O) groups excluding carboxylic acids is 1. The molecule has 3 aromatic rings. The fourth-order valence-corrected chi connectivity index (χ4v) is 2.51. The molecular formula is C19H14F6N4O3. The predicted molar refractivity (Wildman–Crippen MR) is 98.9 cm³/mol. The summed E-state index contributed by atoms with van der Waals surface area (Å²) in [5.74, 6) is -1.09. The first-order chi connectivity index (χ1) is 15.0. The number of rotatable bonds is 6. The van der Waals surface area contributed by atoms with Gasteiger partial charge >= 0.3 is 12.4 Å². The number of amides is 1. The first kappa shape index (κ1) is 22.9. The van der Waals surface area contributed by atoms with Crippen LogP contribution in [0.1, 0.15) is 16.1 Å². The molecule has 7 nitrogen and oxygen atoms in total. The van der Waals surface area contributed by atoms with E-state index in [9.17, 15) is 31.1 Å². The molecule has 170 valence electrons. The van der Waals surface area contributed by atoms with Crippen molar-refractivity contribution in [2.45, 2.75) is 12.4 Å². The van der Waals surface area contributed by atoms with E-state index >= 15 is 0 Å². The summed E-state index contributed by atoms with van der Waals surface area (Å²) >= 11 is 0. The molecule has 2 aromatic heterocycles. The average molecular weight is 460 g/mol. The lowest BCUT2D eigenvalue weighted by molar-refractivity contribution is -0.154. The molecule has 0 saturated carbocycles. The van der Waals surface area contributed by atoms with Crippen LogP contribution in [0.3, 0.4) is 0 Å². The highest BCUT2D eigenvalue weighted by atomic mass is 19.4. The van der Waals surface area contributed by atoms with Crippen LogP contribution in [0.2, 0.25) is 0 Å². The summed E-state index contributed by atoms with van der Waals surface area (Å²) in [7, 11) is 1.25. The third kappa shape index (κ3) is 5.68. The number of methoxy groups -OCH3 is 1. The van der Waals surface area contributed by atoms with Crippen molar-refractivity contribution in [1.29, 1.82) is 0 Å². The van der Waals surface area contributed by atoms with E-state index in [4.69, 9.17) is 4.74 Å². The van der Waals surface area contributed by atoms with Gasteiger partial charge < -0.3 is 14.8 Å². The minimum atomic E-state index is -4.56. The second-order valence-corrected chi connectivity index (χ2v) is 6.28. The number of hydrogen-bond donors (Lipinski definition) is 1. The maximum absolute atomic E-state index is 13.0. The Bertz CT molecular complexity index is 1090. The number of ether oxygens (including phenoxy) is 2. The van der Waals surface area contributed by atoms with Gasteiger partial charge in [-0.3, -0.25) is 4.79 Å². The molecule has 0 radical (unpaired) electrons. The van der Waals surface area contributed by atoms with Gasteiger partial charge in [-0.2, -0.15) is 31.4 Å². The lowest BCUT2D eigenvalue weighted by atomic mass is 10.2. The quantitative estimate of drug-likeness (QED) is 0.549. The number of alkyl halides is 6. The van der Waals surface area contributed by atoms with Crippen molar-refractivity contribution in [3.63, 3.8) is 0 Å². The molecule has 2 heterocycles. The Hall–Kier alpha value is -3.77. The SMILES string of the molecule is COc1cn(-c2cccc(C(F)(F)F)c2)nc1C(=O)Nc1ccc(OCC(F)(F)F)nc1. The molecule has 0 fully saturated rings. The molecule has 0 saturated heterocycles. The lowest BCUT2D eigenvalue weighted by Gasteiger charge is -2.09. The van der Waals surface area contributed by atoms with E-state index in [0.717, 1.165) is 29.1 Å². The summed E-state index contributed by atoms with van der Waals surface area (Å²) in [4.78, 5) is 16.2. The Kier molecular flexibility index (Phi) is 6.27. The Labute approximate surface area is 176 Å². The highest BCUT2D eigenvalue weighted by molar-refractivity contribution is 6.04. The number of benzene rings is 1. The number of nitrogens with one attached hydrogen (secondary N) is 1. The van der Waals surface area contributed by atoms with E-state index in [1.807, 2.05) is 0 Å². The highest BCUT2D eigenvalue weighted by Crippen LogP contribution is 2.31. The van der Waals surface area contributed by atoms with Gasteiger partial charge in [0.05, 0.1) is 36.4 Å². The number of carbonyl (C=O) groups is 1. The van der Waals surface area contributed by atoms with Gasteiger partial charge in [-0.05, 0) is 24.3 Å². The van der Waals surface area contributed by atoms with Gasteiger partial charge in [0, 0.05) is 6.07 Å². The Morgan fingerprint density at radius 3 is 2.47 bits per heavy atom. The minimum absolute atomic E-state index is 0.0157. The molecular weight excluding hydrogens is 446 g/mol. The Balaban J connectivity index is 1.77. The summed E-state index contributed by atoms with van der Waals surface area (Å²) in [6.07, 6.45) is -6.78. The van der Waals surface area contributed by atoms with Crippen LogP contribution in [0.15, 0.2) is 48.8 Å². The van der Waals surface area contributed by atoms with Crippen molar-refractivity contribution < 1.29 is 40.6 Å². The van der Waals surface area contributed by atoms with E-state index in [1.165, 1.54) is 31.5 Å². The van der Waals surface area contributed by atoms with Crippen molar-refractivity contribution in [1.82, 2.24) is 14.8 Å². The van der Waals surface area contributed by atoms with E-state index in [-0.39, 0.29) is 28.7 Å². The van der Waals surface area contributed by atoms with Crippen LogP contribution in [-0.2, 0) is 6.18 Å². The van der Waals surface area contributed by atoms with Gasteiger partial charge in [0.1, 0.15) is 0 Å². The summed E-state index contributed by atoms with van der Waals surface area (Å²) in [6.45, 7) is -1.52. The molecule has 0 aliphatic rings. The van der Waals surface area contributed by atoms with Gasteiger partial charge in [-0.1, -0.05) is 6.07 Å². The molecule has 32 heavy (non-hydrogen) atoms. The number of nitrogens with zero attached hydrogens (tertiary/aromatic N) is 3. The zero-order valence-electron chi connectivity index (χ0n) is 16.2. The summed E-state index contributed by atoms with van der Waals surface area (Å²) in [5.41, 5.74) is -0.966. The molecule has 0 aliphatic heterocycles. The van der Waals surface area contributed by atoms with Crippen molar-refractivity contribution in [2.24, 2.45) is 0 Å². The van der Waals surface area contributed by atoms with Crippen molar-refractivity contribution in [2.75, 3.05) is 19.0 Å². The predicted octanol–water partition coefficient (Wildman–Crippen LogP) is 4.49. The standard InChI is InChI=1S/C19H14F6N4O3/c1-31-14-9-29(13-4-2-3-11(7-13)19(23,24)25)28-16(14)17(30)27-12-5-6-15(26-8-12)32-10-18(20,21)22/h2-9H,10H2,1H3,(H,27,30). The van der Waals surface area contributed by atoms with Crippen LogP contribution in [0.25, 0.3) is 5.69 Å². The van der Waals surface area contributed by atoms with Gasteiger partial charge in [0.15, 0.2) is 18.1 Å². The van der Waals surface area contributed by atoms with Crippen LogP contribution in [0.4, 0.5) is 32.0 Å². The molecule has 3 rings (SSSR count). The second kappa shape index (κ2) is 8.77. The summed E-state index contributed by atoms with van der Waals surface area (Å²) in [5, 5.41) is 6.40. The van der Waals surface area contributed by atoms with Gasteiger partial charge in [0.2, 0.25) is 5.88 Å². The molecule has 0 atom stereocenters. The molecule has 13 heteroatoms. The number of anilines is 1. The van der Waals surface area contributed by atoms with E-state index in [0.29, 0.717) is 0 Å². The minimum Gasteiger partial charge on any atom is -0.493 e. The Morgan fingerprint density at radius 2 is 1.88 bits per heavy atom. The third-order valence-electron chi connectivity index (χ3n) is 3.93. The first-order valence-electron chi connectivity index (χ1n) is 8.74. The zero-order valence-corrected chi connectivity index (χ0v) is 16.2. The van der Waals surface area contributed by atoms with E-state index in [2.05, 4.69) is 20.1 Å². The lowest BCUT2D eigenvalue weighted by Crippen LogP contribution is -2.19. The normalized spacial score (nSPS) is 11.8. The number of hydrogen-bond acceptors (Lipinski definition) is 5. The van der Waals surface area contributed by atoms with Crippen LogP contribution in [-0.4, -0.2) is 40.6 Å². The topological polar surface area (TPSA) is 78.3 Å². The zero-order chi connectivity index (χ0) is 23.5. The summed E-state index contributed by atoms with van der Waals surface area (Å²) in [6, 6.07) is 6.70. The number of aromatic nitrogens is 3. The van der Waals surface area contributed by atoms with Crippen LogP contribution in [0, 0.1) is 0 Å². The third-order valence-corrected chi connectivity index (χ3v) is 3.93. The maximum Gasteiger partial charge on any atom is 0.422 e. The van der Waals surface area contributed by atoms with E-state index in [1.54, 1.807) is 0 Å². The molecule has 1 aromatic carbocycles. The monoisotopic (exact) mass is 460 g/mol. The van der Waals surface area contributed by atoms with Gasteiger partial charge in [-0.15, -0.1) is 0 Å². The molecule has 0 unspecified atom stereocenters. The van der Waals surface area contributed by atoms with Crippen molar-refractivity contribution in [3.8, 4) is 17.3 Å². The van der Waals surface area contributed by atoms with Crippen LogP contribution >= 0.6 is 0 Å².